The van der Waals surface area contributed by atoms with E-state index in [-0.39, 0.29) is 0 Å². The summed E-state index contributed by atoms with van der Waals surface area (Å²) >= 11 is 0. The zero-order valence-electron chi connectivity index (χ0n) is 14.7. The Morgan fingerprint density at radius 3 is 2.12 bits per heavy atom. The molecule has 3 saturated heterocycles. The lowest BCUT2D eigenvalue weighted by Gasteiger charge is -2.47. The summed E-state index contributed by atoms with van der Waals surface area (Å²) in [4.78, 5) is 14.2. The van der Waals surface area contributed by atoms with Gasteiger partial charge < -0.3 is 9.64 Å². The summed E-state index contributed by atoms with van der Waals surface area (Å²) in [5.41, 5.74) is 1.86. The maximum absolute atomic E-state index is 5.40. The molecule has 0 amide bonds. The molecule has 2 atom stereocenters. The molecule has 0 radical (unpaired) electrons. The van der Waals surface area contributed by atoms with E-state index in [9.17, 15) is 0 Å². The molecule has 2 bridgehead atoms. The number of fused-ring (bicyclic) bond motifs is 2. The first kappa shape index (κ1) is 15.8. The Balaban J connectivity index is 1.28. The average molecular weight is 346 g/mol. The van der Waals surface area contributed by atoms with E-state index in [4.69, 9.17) is 4.74 Å². The van der Waals surface area contributed by atoms with Gasteiger partial charge in [0, 0.05) is 43.1 Å². The van der Waals surface area contributed by atoms with Crippen LogP contribution < -0.4 is 4.90 Å². The highest BCUT2D eigenvalue weighted by Gasteiger charge is 2.45. The van der Waals surface area contributed by atoms with E-state index in [1.54, 1.807) is 0 Å². The molecular formula is C21H22N4O. The van der Waals surface area contributed by atoms with Gasteiger partial charge in [0.1, 0.15) is 0 Å². The molecule has 0 N–H and O–H groups in total. The second kappa shape index (κ2) is 6.71. The highest BCUT2D eigenvalue weighted by atomic mass is 16.5. The van der Waals surface area contributed by atoms with Crippen molar-refractivity contribution >= 4 is 5.95 Å². The van der Waals surface area contributed by atoms with Crippen LogP contribution in [0.4, 0.5) is 5.95 Å². The van der Waals surface area contributed by atoms with Crippen molar-refractivity contribution in [2.75, 3.05) is 31.2 Å². The Labute approximate surface area is 154 Å². The van der Waals surface area contributed by atoms with E-state index in [0.29, 0.717) is 18.1 Å². The molecule has 3 aliphatic heterocycles. The van der Waals surface area contributed by atoms with Crippen LogP contribution in [-0.2, 0) is 4.74 Å². The molecule has 26 heavy (non-hydrogen) atoms. The number of benzene rings is 1. The maximum Gasteiger partial charge on any atom is 0.225 e. The molecule has 3 aliphatic rings. The number of nitrogens with zero attached hydrogens (tertiary/aromatic N) is 4. The van der Waals surface area contributed by atoms with Crippen molar-refractivity contribution in [1.29, 1.82) is 0 Å². The zero-order valence-corrected chi connectivity index (χ0v) is 14.7. The number of ether oxygens (including phenoxy) is 1. The minimum Gasteiger partial charge on any atom is -0.378 e. The lowest BCUT2D eigenvalue weighted by molar-refractivity contribution is -0.0851. The molecule has 0 aliphatic carbocycles. The normalized spacial score (nSPS) is 25.5. The third-order valence-corrected chi connectivity index (χ3v) is 5.63. The average Bonchev–Trinajstić information content (AvgIpc) is 2.89. The number of rotatable bonds is 2. The molecule has 5 nitrogen and oxygen atoms in total. The summed E-state index contributed by atoms with van der Waals surface area (Å²) in [6.07, 6.45) is 6.23. The van der Waals surface area contributed by atoms with E-state index >= 15 is 0 Å². The van der Waals surface area contributed by atoms with Crippen molar-refractivity contribution in [3.63, 3.8) is 0 Å². The number of hydrogen-bond donors (Lipinski definition) is 0. The summed E-state index contributed by atoms with van der Waals surface area (Å²) in [5, 5.41) is 0. The van der Waals surface area contributed by atoms with Crippen LogP contribution in [0.1, 0.15) is 24.0 Å². The zero-order chi connectivity index (χ0) is 17.3. The predicted molar refractivity (Wildman–Crippen MR) is 99.9 cm³/mol. The molecule has 2 aromatic rings. The van der Waals surface area contributed by atoms with Gasteiger partial charge in [-0.1, -0.05) is 30.0 Å². The minimum absolute atomic E-state index is 0.615. The molecule has 0 unspecified atom stereocenters. The van der Waals surface area contributed by atoms with E-state index in [0.717, 1.165) is 43.4 Å². The smallest absolute Gasteiger partial charge is 0.225 e. The van der Waals surface area contributed by atoms with Gasteiger partial charge in [0.2, 0.25) is 5.95 Å². The van der Waals surface area contributed by atoms with Gasteiger partial charge in [-0.15, -0.1) is 0 Å². The largest absolute Gasteiger partial charge is 0.378 e. The number of anilines is 1. The summed E-state index contributed by atoms with van der Waals surface area (Å²) in [7, 11) is 0. The number of hydrogen-bond acceptors (Lipinski definition) is 5. The summed E-state index contributed by atoms with van der Waals surface area (Å²) in [5.74, 6) is 7.13. The molecule has 1 aromatic carbocycles. The van der Waals surface area contributed by atoms with Crippen LogP contribution >= 0.6 is 0 Å². The van der Waals surface area contributed by atoms with Crippen molar-refractivity contribution < 1.29 is 4.74 Å². The van der Waals surface area contributed by atoms with Crippen molar-refractivity contribution in [3.05, 3.63) is 53.9 Å². The van der Waals surface area contributed by atoms with Gasteiger partial charge in [-0.05, 0) is 25.0 Å². The minimum atomic E-state index is 0.615. The third-order valence-electron chi connectivity index (χ3n) is 5.63. The van der Waals surface area contributed by atoms with Crippen LogP contribution in [0.3, 0.4) is 0 Å². The van der Waals surface area contributed by atoms with Crippen molar-refractivity contribution in [1.82, 2.24) is 14.9 Å². The van der Waals surface area contributed by atoms with Gasteiger partial charge in [0.05, 0.1) is 24.8 Å². The fraction of sp³-hybridized carbons (Fsp3) is 0.429. The standard InChI is InChI=1S/C21H22N4O/c1-2-4-16(5-3-1)6-7-17-10-22-21(23-11-17)24-12-18-8-9-19(13-24)25(18)20-14-26-15-20/h1-5,10-11,18-20H,8-9,12-15H2/t18-,19+. The summed E-state index contributed by atoms with van der Waals surface area (Å²) in [6.45, 7) is 3.83. The van der Waals surface area contributed by atoms with Gasteiger partial charge in [-0.2, -0.15) is 0 Å². The highest BCUT2D eigenvalue weighted by molar-refractivity contribution is 5.42. The first-order valence-corrected chi connectivity index (χ1v) is 9.36. The Kier molecular flexibility index (Phi) is 4.08. The summed E-state index contributed by atoms with van der Waals surface area (Å²) < 4.78 is 5.40. The van der Waals surface area contributed by atoms with Crippen molar-refractivity contribution in [2.24, 2.45) is 0 Å². The highest BCUT2D eigenvalue weighted by Crippen LogP contribution is 2.34. The molecular weight excluding hydrogens is 324 g/mol. The predicted octanol–water partition coefficient (Wildman–Crippen LogP) is 1.93. The fourth-order valence-electron chi connectivity index (χ4n) is 4.31. The molecule has 5 heteroatoms. The van der Waals surface area contributed by atoms with Crippen molar-refractivity contribution in [2.45, 2.75) is 31.0 Å². The van der Waals surface area contributed by atoms with E-state index in [1.807, 2.05) is 42.7 Å². The molecule has 3 fully saturated rings. The van der Waals surface area contributed by atoms with Crippen molar-refractivity contribution in [3.8, 4) is 11.8 Å². The molecule has 132 valence electrons. The van der Waals surface area contributed by atoms with Crippen LogP contribution in [0.2, 0.25) is 0 Å². The van der Waals surface area contributed by atoms with Crippen LogP contribution in [-0.4, -0.2) is 59.3 Å². The number of aromatic nitrogens is 2. The molecule has 5 rings (SSSR count). The molecule has 0 spiro atoms. The third kappa shape index (κ3) is 2.96. The van der Waals surface area contributed by atoms with Gasteiger partial charge in [0.25, 0.3) is 0 Å². The monoisotopic (exact) mass is 346 g/mol. The fourth-order valence-corrected chi connectivity index (χ4v) is 4.31. The van der Waals surface area contributed by atoms with Crippen LogP contribution in [0.5, 0.6) is 0 Å². The van der Waals surface area contributed by atoms with E-state index < -0.39 is 0 Å². The molecule has 0 saturated carbocycles. The Morgan fingerprint density at radius 2 is 1.50 bits per heavy atom. The topological polar surface area (TPSA) is 41.5 Å². The Bertz CT molecular complexity index is 809. The first-order valence-electron chi connectivity index (χ1n) is 9.36. The maximum atomic E-state index is 5.40. The quantitative estimate of drug-likeness (QED) is 0.777. The second-order valence-electron chi connectivity index (χ2n) is 7.32. The SMILES string of the molecule is C(#Cc1cnc(N2C[C@H]3CC[C@@H](C2)N3C2COC2)nc1)c1ccccc1. The van der Waals surface area contributed by atoms with Crippen LogP contribution in [0.15, 0.2) is 42.7 Å². The Hall–Kier alpha value is -2.42. The lowest BCUT2D eigenvalue weighted by atomic mass is 10.1. The number of piperazine rings is 1. The van der Waals surface area contributed by atoms with Gasteiger partial charge in [-0.3, -0.25) is 4.90 Å². The van der Waals surface area contributed by atoms with E-state index in [1.165, 1.54) is 12.8 Å². The first-order chi connectivity index (χ1) is 12.9. The molecule has 4 heterocycles. The van der Waals surface area contributed by atoms with Gasteiger partial charge in [0.15, 0.2) is 0 Å². The van der Waals surface area contributed by atoms with Crippen LogP contribution in [0, 0.1) is 11.8 Å². The van der Waals surface area contributed by atoms with Gasteiger partial charge in [-0.25, -0.2) is 9.97 Å². The van der Waals surface area contributed by atoms with E-state index in [2.05, 4.69) is 31.6 Å². The lowest BCUT2D eigenvalue weighted by Crippen LogP contribution is -2.62. The second-order valence-corrected chi connectivity index (χ2v) is 7.32. The summed E-state index contributed by atoms with van der Waals surface area (Å²) in [6, 6.07) is 11.8. The van der Waals surface area contributed by atoms with Gasteiger partial charge >= 0.3 is 0 Å². The van der Waals surface area contributed by atoms with Crippen LogP contribution in [0.25, 0.3) is 0 Å². The Morgan fingerprint density at radius 1 is 0.846 bits per heavy atom. The molecule has 1 aromatic heterocycles.